The summed E-state index contributed by atoms with van der Waals surface area (Å²) in [5.41, 5.74) is 3.94. The molecule has 0 aromatic heterocycles. The van der Waals surface area contributed by atoms with Crippen LogP contribution in [-0.2, 0) is 0 Å². The summed E-state index contributed by atoms with van der Waals surface area (Å²) < 4.78 is 28.5. The lowest BCUT2D eigenvalue weighted by Gasteiger charge is -2.15. The molecule has 1 aliphatic carbocycles. The first-order valence-electron chi connectivity index (χ1n) is 7.60. The highest BCUT2D eigenvalue weighted by Crippen LogP contribution is 2.37. The highest BCUT2D eigenvalue weighted by molar-refractivity contribution is 8.07. The maximum absolute atomic E-state index is 14.5. The van der Waals surface area contributed by atoms with Crippen LogP contribution in [0, 0.1) is 23.4 Å². The number of thioether (sulfide) groups is 1. The highest BCUT2D eigenvalue weighted by Gasteiger charge is 2.18. The lowest BCUT2D eigenvalue weighted by atomic mass is 9.94. The maximum atomic E-state index is 14.5. The number of nitriles is 1. The van der Waals surface area contributed by atoms with Crippen LogP contribution in [0.5, 0.6) is 0 Å². The summed E-state index contributed by atoms with van der Waals surface area (Å²) in [6.45, 7) is 2.00. The standard InChI is InChI=1S/C20H15F2NS/c1-13-2-4-14(5-3-13)15-6-8-17(18(21)10-15)16-7-9-20(24-12-23)19(22)11-16/h2-6,8,10-11H,7,9H2,1H3. The molecule has 0 aliphatic heterocycles. The molecule has 0 fully saturated rings. The van der Waals surface area contributed by atoms with Crippen LogP contribution >= 0.6 is 11.8 Å². The third-order valence-electron chi connectivity index (χ3n) is 4.06. The molecule has 0 spiro atoms. The van der Waals surface area contributed by atoms with Crippen LogP contribution in [0.25, 0.3) is 16.7 Å². The molecule has 2 aromatic carbocycles. The first-order valence-corrected chi connectivity index (χ1v) is 8.42. The first-order chi connectivity index (χ1) is 11.6. The van der Waals surface area contributed by atoms with Crippen molar-refractivity contribution in [3.8, 4) is 16.5 Å². The molecule has 24 heavy (non-hydrogen) atoms. The van der Waals surface area contributed by atoms with Crippen LogP contribution in [0.1, 0.15) is 24.0 Å². The Bertz CT molecular complexity index is 874. The predicted molar refractivity (Wildman–Crippen MR) is 95.1 cm³/mol. The van der Waals surface area contributed by atoms with Gasteiger partial charge in [-0.1, -0.05) is 42.0 Å². The summed E-state index contributed by atoms with van der Waals surface area (Å²) in [6, 6.07) is 12.9. The molecule has 0 N–H and O–H groups in total. The summed E-state index contributed by atoms with van der Waals surface area (Å²) in [7, 11) is 0. The fourth-order valence-electron chi connectivity index (χ4n) is 2.74. The minimum atomic E-state index is -0.440. The van der Waals surface area contributed by atoms with Gasteiger partial charge in [-0.2, -0.15) is 5.26 Å². The molecule has 3 rings (SSSR count). The third-order valence-corrected chi connectivity index (χ3v) is 4.79. The summed E-state index contributed by atoms with van der Waals surface area (Å²) in [5.74, 6) is -0.798. The fourth-order valence-corrected chi connectivity index (χ4v) is 3.21. The van der Waals surface area contributed by atoms with E-state index in [4.69, 9.17) is 5.26 Å². The molecule has 0 unspecified atom stereocenters. The number of rotatable bonds is 3. The fraction of sp³-hybridized carbons (Fsp3) is 0.150. The van der Waals surface area contributed by atoms with Crippen molar-refractivity contribution < 1.29 is 8.78 Å². The largest absolute Gasteiger partial charge is 0.206 e. The Morgan fingerprint density at radius 3 is 2.33 bits per heavy atom. The lowest BCUT2D eigenvalue weighted by molar-refractivity contribution is 0.621. The van der Waals surface area contributed by atoms with Crippen LogP contribution in [0.3, 0.4) is 0 Å². The van der Waals surface area contributed by atoms with Crippen LogP contribution < -0.4 is 0 Å². The van der Waals surface area contributed by atoms with E-state index in [1.807, 2.05) is 42.7 Å². The van der Waals surface area contributed by atoms with Crippen LogP contribution in [0.15, 0.2) is 59.3 Å². The van der Waals surface area contributed by atoms with E-state index in [1.54, 1.807) is 6.07 Å². The van der Waals surface area contributed by atoms with E-state index in [0.717, 1.165) is 28.5 Å². The van der Waals surface area contributed by atoms with Crippen molar-refractivity contribution >= 4 is 17.3 Å². The van der Waals surface area contributed by atoms with E-state index in [1.165, 1.54) is 12.1 Å². The summed E-state index contributed by atoms with van der Waals surface area (Å²) in [4.78, 5) is 0.415. The number of nitrogens with zero attached hydrogens (tertiary/aromatic N) is 1. The van der Waals surface area contributed by atoms with Gasteiger partial charge >= 0.3 is 0 Å². The molecule has 4 heteroatoms. The number of allylic oxidation sites excluding steroid dienone is 4. The van der Waals surface area contributed by atoms with Crippen molar-refractivity contribution in [1.29, 1.82) is 5.26 Å². The molecule has 1 nitrogen and oxygen atoms in total. The monoisotopic (exact) mass is 339 g/mol. The van der Waals surface area contributed by atoms with E-state index in [0.29, 0.717) is 28.9 Å². The van der Waals surface area contributed by atoms with Crippen molar-refractivity contribution in [1.82, 2.24) is 0 Å². The molecule has 0 heterocycles. The van der Waals surface area contributed by atoms with Crippen LogP contribution in [0.2, 0.25) is 0 Å². The van der Waals surface area contributed by atoms with Gasteiger partial charge in [-0.3, -0.25) is 0 Å². The quantitative estimate of drug-likeness (QED) is 0.606. The van der Waals surface area contributed by atoms with Gasteiger partial charge in [0.15, 0.2) is 0 Å². The van der Waals surface area contributed by atoms with E-state index >= 15 is 0 Å². The second kappa shape index (κ2) is 7.02. The molecular formula is C20H15F2NS. The summed E-state index contributed by atoms with van der Waals surface area (Å²) >= 11 is 0.834. The smallest absolute Gasteiger partial charge is 0.138 e. The normalized spacial score (nSPS) is 14.3. The topological polar surface area (TPSA) is 23.8 Å². The van der Waals surface area contributed by atoms with Gasteiger partial charge in [0.05, 0.1) is 0 Å². The number of halogens is 2. The lowest BCUT2D eigenvalue weighted by Crippen LogP contribution is -1.97. The second-order valence-electron chi connectivity index (χ2n) is 5.69. The molecule has 120 valence electrons. The van der Waals surface area contributed by atoms with Gasteiger partial charge in [0.2, 0.25) is 0 Å². The van der Waals surface area contributed by atoms with Gasteiger partial charge in [-0.05, 0) is 60.4 Å². The highest BCUT2D eigenvalue weighted by atomic mass is 32.2. The second-order valence-corrected chi connectivity index (χ2v) is 6.57. The van der Waals surface area contributed by atoms with Crippen LogP contribution in [-0.4, -0.2) is 0 Å². The van der Waals surface area contributed by atoms with Crippen molar-refractivity contribution in [2.45, 2.75) is 19.8 Å². The average molecular weight is 339 g/mol. The van der Waals surface area contributed by atoms with Gasteiger partial charge in [-0.25, -0.2) is 8.78 Å². The first kappa shape index (κ1) is 16.5. The zero-order chi connectivity index (χ0) is 17.1. The SMILES string of the molecule is Cc1ccc(-c2ccc(C3=CC(F)=C(SC#N)CC3)c(F)c2)cc1. The summed E-state index contributed by atoms with van der Waals surface area (Å²) in [6.07, 6.45) is 2.29. The molecule has 0 bridgehead atoms. The number of hydrogen-bond donors (Lipinski definition) is 0. The van der Waals surface area contributed by atoms with E-state index in [9.17, 15) is 8.78 Å². The number of hydrogen-bond acceptors (Lipinski definition) is 2. The predicted octanol–water partition coefficient (Wildman–Crippen LogP) is 6.37. The van der Waals surface area contributed by atoms with Gasteiger partial charge < -0.3 is 0 Å². The molecule has 0 atom stereocenters. The Balaban J connectivity index is 1.93. The van der Waals surface area contributed by atoms with E-state index in [2.05, 4.69) is 0 Å². The Labute approximate surface area is 144 Å². The van der Waals surface area contributed by atoms with Crippen LogP contribution in [0.4, 0.5) is 8.78 Å². The van der Waals surface area contributed by atoms with Crippen molar-refractivity contribution in [2.24, 2.45) is 0 Å². The molecular weight excluding hydrogens is 324 g/mol. The maximum Gasteiger partial charge on any atom is 0.138 e. The molecule has 0 saturated carbocycles. The Morgan fingerprint density at radius 1 is 1.00 bits per heavy atom. The van der Waals surface area contributed by atoms with Gasteiger partial charge in [0, 0.05) is 10.5 Å². The Morgan fingerprint density at radius 2 is 1.71 bits per heavy atom. The minimum Gasteiger partial charge on any atom is -0.206 e. The zero-order valence-electron chi connectivity index (χ0n) is 13.1. The van der Waals surface area contributed by atoms with Gasteiger partial charge in [0.25, 0.3) is 0 Å². The van der Waals surface area contributed by atoms with E-state index < -0.39 is 5.83 Å². The molecule has 0 amide bonds. The Hall–Kier alpha value is -2.38. The molecule has 1 aliphatic rings. The van der Waals surface area contributed by atoms with Crippen molar-refractivity contribution in [3.63, 3.8) is 0 Å². The van der Waals surface area contributed by atoms with Crippen molar-refractivity contribution in [3.05, 3.63) is 76.2 Å². The zero-order valence-corrected chi connectivity index (χ0v) is 14.0. The third kappa shape index (κ3) is 3.42. The number of aryl methyl sites for hydroxylation is 1. The van der Waals surface area contributed by atoms with Crippen molar-refractivity contribution in [2.75, 3.05) is 0 Å². The average Bonchev–Trinajstić information content (AvgIpc) is 2.57. The molecule has 2 aromatic rings. The summed E-state index contributed by atoms with van der Waals surface area (Å²) in [5, 5.41) is 10.5. The number of benzene rings is 2. The molecule has 0 radical (unpaired) electrons. The Kier molecular flexibility index (Phi) is 4.82. The van der Waals surface area contributed by atoms with Gasteiger partial charge in [0.1, 0.15) is 17.0 Å². The van der Waals surface area contributed by atoms with Gasteiger partial charge in [-0.15, -0.1) is 0 Å². The van der Waals surface area contributed by atoms with E-state index in [-0.39, 0.29) is 5.82 Å². The minimum absolute atomic E-state index is 0.358. The number of thiocyanates is 1. The molecule has 0 saturated heterocycles.